The van der Waals surface area contributed by atoms with Crippen LogP contribution in [0.25, 0.3) is 0 Å². The fraction of sp³-hybridized carbons (Fsp3) is 0.636. The summed E-state index contributed by atoms with van der Waals surface area (Å²) in [5.74, 6) is 2.16. The molecule has 0 aliphatic rings. The fourth-order valence-corrected chi connectivity index (χ4v) is 1.69. The molecule has 0 radical (unpaired) electrons. The van der Waals surface area contributed by atoms with Crippen LogP contribution < -0.4 is 15.8 Å². The molecule has 0 aliphatic carbocycles. The number of ether oxygens (including phenoxy) is 1. The van der Waals surface area contributed by atoms with Crippen LogP contribution in [0.4, 0.5) is 11.6 Å². The van der Waals surface area contributed by atoms with Crippen LogP contribution in [0.5, 0.6) is 5.75 Å². The Hall–Kier alpha value is -1.52. The molecule has 0 saturated carbocycles. The average molecular weight is 224 g/mol. The van der Waals surface area contributed by atoms with Gasteiger partial charge in [0, 0.05) is 6.04 Å². The molecule has 0 spiro atoms. The molecule has 0 saturated heterocycles. The van der Waals surface area contributed by atoms with Gasteiger partial charge in [0.15, 0.2) is 11.6 Å². The highest BCUT2D eigenvalue weighted by Gasteiger charge is 2.12. The van der Waals surface area contributed by atoms with Crippen LogP contribution >= 0.6 is 0 Å². The van der Waals surface area contributed by atoms with E-state index in [0.717, 1.165) is 6.42 Å². The molecule has 0 bridgehead atoms. The van der Waals surface area contributed by atoms with Crippen LogP contribution in [-0.2, 0) is 0 Å². The van der Waals surface area contributed by atoms with Gasteiger partial charge in [0.05, 0.1) is 7.11 Å². The van der Waals surface area contributed by atoms with Crippen LogP contribution in [0.2, 0.25) is 0 Å². The number of nitrogens with zero attached hydrogens (tertiary/aromatic N) is 2. The molecule has 0 amide bonds. The third-order valence-electron chi connectivity index (χ3n) is 2.24. The summed E-state index contributed by atoms with van der Waals surface area (Å²) in [6.45, 7) is 6.48. The normalized spacial score (nSPS) is 12.6. The second-order valence-electron chi connectivity index (χ2n) is 4.32. The lowest BCUT2D eigenvalue weighted by Gasteiger charge is -2.18. The number of hydrogen-bond donors (Lipinski definition) is 2. The lowest BCUT2D eigenvalue weighted by atomic mass is 10.1. The highest BCUT2D eigenvalue weighted by Crippen LogP contribution is 2.27. The molecule has 5 heteroatoms. The van der Waals surface area contributed by atoms with Crippen molar-refractivity contribution in [2.24, 2.45) is 5.92 Å². The van der Waals surface area contributed by atoms with Gasteiger partial charge in [-0.15, -0.1) is 0 Å². The third-order valence-corrected chi connectivity index (χ3v) is 2.24. The first-order valence-electron chi connectivity index (χ1n) is 5.45. The molecule has 0 aliphatic heterocycles. The van der Waals surface area contributed by atoms with Gasteiger partial charge in [0.2, 0.25) is 5.75 Å². The molecule has 1 unspecified atom stereocenters. The number of nitrogens with one attached hydrogen (secondary N) is 1. The Morgan fingerprint density at radius 1 is 1.38 bits per heavy atom. The smallest absolute Gasteiger partial charge is 0.203 e. The highest BCUT2D eigenvalue weighted by molar-refractivity contribution is 5.61. The second kappa shape index (κ2) is 5.53. The summed E-state index contributed by atoms with van der Waals surface area (Å²) in [7, 11) is 1.56. The minimum absolute atomic E-state index is 0.322. The van der Waals surface area contributed by atoms with Gasteiger partial charge in [-0.3, -0.25) is 0 Å². The zero-order valence-corrected chi connectivity index (χ0v) is 10.3. The molecule has 1 aromatic rings. The van der Waals surface area contributed by atoms with Crippen LogP contribution in [0.15, 0.2) is 6.33 Å². The first kappa shape index (κ1) is 12.5. The highest BCUT2D eigenvalue weighted by atomic mass is 16.5. The van der Waals surface area contributed by atoms with E-state index in [2.05, 4.69) is 36.1 Å². The van der Waals surface area contributed by atoms with Gasteiger partial charge in [0.1, 0.15) is 6.33 Å². The van der Waals surface area contributed by atoms with Crippen molar-refractivity contribution in [1.82, 2.24) is 9.97 Å². The topological polar surface area (TPSA) is 73.1 Å². The zero-order chi connectivity index (χ0) is 12.1. The second-order valence-corrected chi connectivity index (χ2v) is 4.32. The Kier molecular flexibility index (Phi) is 4.34. The van der Waals surface area contributed by atoms with Crippen molar-refractivity contribution in [3.05, 3.63) is 6.33 Å². The predicted octanol–water partition coefficient (Wildman–Crippen LogP) is 1.91. The van der Waals surface area contributed by atoms with E-state index in [0.29, 0.717) is 29.3 Å². The van der Waals surface area contributed by atoms with E-state index in [1.54, 1.807) is 7.11 Å². The number of nitrogen functional groups attached to an aromatic ring is 1. The summed E-state index contributed by atoms with van der Waals surface area (Å²) in [6, 6.07) is 0.322. The molecular weight excluding hydrogens is 204 g/mol. The van der Waals surface area contributed by atoms with E-state index in [4.69, 9.17) is 10.5 Å². The van der Waals surface area contributed by atoms with E-state index < -0.39 is 0 Å². The first-order chi connectivity index (χ1) is 7.54. The summed E-state index contributed by atoms with van der Waals surface area (Å²) >= 11 is 0. The lowest BCUT2D eigenvalue weighted by Crippen LogP contribution is -2.19. The maximum Gasteiger partial charge on any atom is 0.203 e. The van der Waals surface area contributed by atoms with Crippen molar-refractivity contribution in [2.75, 3.05) is 18.2 Å². The van der Waals surface area contributed by atoms with E-state index in [1.807, 2.05) is 0 Å². The van der Waals surface area contributed by atoms with Crippen molar-refractivity contribution >= 4 is 11.6 Å². The fourth-order valence-electron chi connectivity index (χ4n) is 1.69. The molecule has 3 N–H and O–H groups in total. The maximum atomic E-state index is 5.69. The van der Waals surface area contributed by atoms with Crippen LogP contribution in [-0.4, -0.2) is 23.1 Å². The van der Waals surface area contributed by atoms with E-state index in [-0.39, 0.29) is 0 Å². The SMILES string of the molecule is COc1c(N)ncnc1NC(C)CC(C)C. The number of rotatable bonds is 5. The summed E-state index contributed by atoms with van der Waals surface area (Å²) in [6.07, 6.45) is 2.50. The molecule has 90 valence electrons. The molecule has 16 heavy (non-hydrogen) atoms. The van der Waals surface area contributed by atoms with Crippen LogP contribution in [0.3, 0.4) is 0 Å². The van der Waals surface area contributed by atoms with Gasteiger partial charge in [-0.1, -0.05) is 13.8 Å². The van der Waals surface area contributed by atoms with Crippen molar-refractivity contribution in [3.63, 3.8) is 0 Å². The average Bonchev–Trinajstić information content (AvgIpc) is 2.16. The number of aromatic nitrogens is 2. The Bertz CT molecular complexity index is 341. The zero-order valence-electron chi connectivity index (χ0n) is 10.3. The molecule has 0 fully saturated rings. The van der Waals surface area contributed by atoms with Gasteiger partial charge in [-0.25, -0.2) is 9.97 Å². The summed E-state index contributed by atoms with van der Waals surface area (Å²) in [5.41, 5.74) is 5.69. The standard InChI is InChI=1S/C11H20N4O/c1-7(2)5-8(3)15-11-9(16-4)10(12)13-6-14-11/h6-8H,5H2,1-4H3,(H3,12,13,14,15). The van der Waals surface area contributed by atoms with Crippen molar-refractivity contribution in [2.45, 2.75) is 33.2 Å². The molecule has 5 nitrogen and oxygen atoms in total. The minimum Gasteiger partial charge on any atom is -0.490 e. The molecule has 1 heterocycles. The van der Waals surface area contributed by atoms with Crippen molar-refractivity contribution in [1.29, 1.82) is 0 Å². The number of anilines is 2. The third kappa shape index (κ3) is 3.25. The molecular formula is C11H20N4O. The summed E-state index contributed by atoms with van der Waals surface area (Å²) in [5, 5.41) is 3.28. The minimum atomic E-state index is 0.322. The van der Waals surface area contributed by atoms with Gasteiger partial charge >= 0.3 is 0 Å². The van der Waals surface area contributed by atoms with E-state index in [9.17, 15) is 0 Å². The molecule has 0 aromatic carbocycles. The Morgan fingerprint density at radius 3 is 2.62 bits per heavy atom. The van der Waals surface area contributed by atoms with Crippen molar-refractivity contribution < 1.29 is 4.74 Å². The van der Waals surface area contributed by atoms with Gasteiger partial charge in [-0.2, -0.15) is 0 Å². The van der Waals surface area contributed by atoms with Crippen molar-refractivity contribution in [3.8, 4) is 5.75 Å². The van der Waals surface area contributed by atoms with E-state index in [1.165, 1.54) is 6.33 Å². The van der Waals surface area contributed by atoms with Gasteiger partial charge in [0.25, 0.3) is 0 Å². The summed E-state index contributed by atoms with van der Waals surface area (Å²) in [4.78, 5) is 8.01. The Morgan fingerprint density at radius 2 is 2.06 bits per heavy atom. The predicted molar refractivity (Wildman–Crippen MR) is 65.5 cm³/mol. The molecule has 1 rings (SSSR count). The monoisotopic (exact) mass is 224 g/mol. The Labute approximate surface area is 96.4 Å². The van der Waals surface area contributed by atoms with Crippen LogP contribution in [0, 0.1) is 5.92 Å². The number of nitrogens with two attached hydrogens (primary N) is 1. The largest absolute Gasteiger partial charge is 0.490 e. The Balaban J connectivity index is 2.76. The van der Waals surface area contributed by atoms with Gasteiger partial charge in [-0.05, 0) is 19.3 Å². The molecule has 1 atom stereocenters. The maximum absolute atomic E-state index is 5.69. The lowest BCUT2D eigenvalue weighted by molar-refractivity contribution is 0.414. The molecule has 1 aromatic heterocycles. The number of hydrogen-bond acceptors (Lipinski definition) is 5. The first-order valence-corrected chi connectivity index (χ1v) is 5.45. The quantitative estimate of drug-likeness (QED) is 0.799. The summed E-state index contributed by atoms with van der Waals surface area (Å²) < 4.78 is 5.17. The van der Waals surface area contributed by atoms with Gasteiger partial charge < -0.3 is 15.8 Å². The van der Waals surface area contributed by atoms with E-state index >= 15 is 0 Å². The number of methoxy groups -OCH3 is 1. The van der Waals surface area contributed by atoms with Crippen LogP contribution in [0.1, 0.15) is 27.2 Å².